The summed E-state index contributed by atoms with van der Waals surface area (Å²) >= 11 is 0. The standard InChI is InChI=1S/C14H30N4O2S/c1-13(17-8-4-2-5-9-17)12-16-21(19,20)18-10-6-3-7-14(18)11-15/h13-14,16H,2-12,15H2,1H3. The van der Waals surface area contributed by atoms with Crippen molar-refractivity contribution in [2.24, 2.45) is 5.73 Å². The molecule has 2 heterocycles. The molecule has 0 aromatic heterocycles. The topological polar surface area (TPSA) is 78.7 Å². The summed E-state index contributed by atoms with van der Waals surface area (Å²) in [5.41, 5.74) is 5.72. The second-order valence-corrected chi connectivity index (χ2v) is 8.00. The Hall–Kier alpha value is -0.210. The Morgan fingerprint density at radius 1 is 1.14 bits per heavy atom. The monoisotopic (exact) mass is 318 g/mol. The second-order valence-electron chi connectivity index (χ2n) is 6.30. The first-order valence-corrected chi connectivity index (χ1v) is 9.69. The van der Waals surface area contributed by atoms with E-state index < -0.39 is 10.2 Å². The smallest absolute Gasteiger partial charge is 0.279 e. The third-order valence-electron chi connectivity index (χ3n) is 4.73. The lowest BCUT2D eigenvalue weighted by atomic mass is 10.1. The van der Waals surface area contributed by atoms with E-state index in [4.69, 9.17) is 5.73 Å². The zero-order valence-corrected chi connectivity index (χ0v) is 13.9. The molecule has 6 nitrogen and oxygen atoms in total. The van der Waals surface area contributed by atoms with Crippen LogP contribution in [0.4, 0.5) is 0 Å². The van der Waals surface area contributed by atoms with Crippen molar-refractivity contribution in [3.8, 4) is 0 Å². The molecular formula is C14H30N4O2S. The van der Waals surface area contributed by atoms with E-state index >= 15 is 0 Å². The highest BCUT2D eigenvalue weighted by Crippen LogP contribution is 2.19. The molecule has 0 bridgehead atoms. The van der Waals surface area contributed by atoms with Crippen LogP contribution in [0.25, 0.3) is 0 Å². The number of hydrogen-bond acceptors (Lipinski definition) is 4. The van der Waals surface area contributed by atoms with Crippen LogP contribution >= 0.6 is 0 Å². The lowest BCUT2D eigenvalue weighted by molar-refractivity contribution is 0.174. The molecular weight excluding hydrogens is 288 g/mol. The van der Waals surface area contributed by atoms with Gasteiger partial charge in [-0.25, -0.2) is 4.72 Å². The summed E-state index contributed by atoms with van der Waals surface area (Å²) in [5.74, 6) is 0. The van der Waals surface area contributed by atoms with E-state index in [1.807, 2.05) is 0 Å². The number of nitrogens with two attached hydrogens (primary N) is 1. The third-order valence-corrected chi connectivity index (χ3v) is 6.36. The van der Waals surface area contributed by atoms with Gasteiger partial charge in [0.25, 0.3) is 10.2 Å². The van der Waals surface area contributed by atoms with Gasteiger partial charge in [0, 0.05) is 31.7 Å². The van der Waals surface area contributed by atoms with E-state index in [1.165, 1.54) is 19.3 Å². The molecule has 0 aromatic carbocycles. The first kappa shape index (κ1) is 17.1. The van der Waals surface area contributed by atoms with Gasteiger partial charge in [-0.05, 0) is 45.7 Å². The van der Waals surface area contributed by atoms with E-state index in [2.05, 4.69) is 16.5 Å². The Morgan fingerprint density at radius 2 is 1.81 bits per heavy atom. The predicted octanol–water partition coefficient (Wildman–Crippen LogP) is 0.508. The van der Waals surface area contributed by atoms with Crippen LogP contribution in [0.5, 0.6) is 0 Å². The molecule has 0 saturated carbocycles. The Kier molecular flexibility index (Phi) is 6.43. The van der Waals surface area contributed by atoms with Crippen molar-refractivity contribution in [3.05, 3.63) is 0 Å². The fourth-order valence-electron chi connectivity index (χ4n) is 3.32. The zero-order valence-electron chi connectivity index (χ0n) is 13.1. The van der Waals surface area contributed by atoms with Gasteiger partial charge in [0.15, 0.2) is 0 Å². The Morgan fingerprint density at radius 3 is 2.48 bits per heavy atom. The van der Waals surface area contributed by atoms with Gasteiger partial charge >= 0.3 is 0 Å². The average molecular weight is 318 g/mol. The number of nitrogens with zero attached hydrogens (tertiary/aromatic N) is 2. The summed E-state index contributed by atoms with van der Waals surface area (Å²) in [4.78, 5) is 2.38. The summed E-state index contributed by atoms with van der Waals surface area (Å²) in [7, 11) is -3.40. The molecule has 124 valence electrons. The first-order chi connectivity index (χ1) is 10.0. The van der Waals surface area contributed by atoms with Crippen molar-refractivity contribution in [3.63, 3.8) is 0 Å². The fourth-order valence-corrected chi connectivity index (χ4v) is 4.89. The normalized spacial score (nSPS) is 27.6. The lowest BCUT2D eigenvalue weighted by Gasteiger charge is -2.36. The van der Waals surface area contributed by atoms with Crippen LogP contribution in [0, 0.1) is 0 Å². The molecule has 21 heavy (non-hydrogen) atoms. The highest BCUT2D eigenvalue weighted by Gasteiger charge is 2.31. The minimum Gasteiger partial charge on any atom is -0.329 e. The Balaban J connectivity index is 1.87. The summed E-state index contributed by atoms with van der Waals surface area (Å²) in [6, 6.07) is 0.211. The molecule has 0 aromatic rings. The SMILES string of the molecule is CC(CNS(=O)(=O)N1CCCCC1CN)N1CCCCC1. The minimum atomic E-state index is -3.40. The molecule has 2 rings (SSSR count). The van der Waals surface area contributed by atoms with Crippen LogP contribution in [0.1, 0.15) is 45.4 Å². The quantitative estimate of drug-likeness (QED) is 0.748. The summed E-state index contributed by atoms with van der Waals surface area (Å²) in [6.07, 6.45) is 6.61. The predicted molar refractivity (Wildman–Crippen MR) is 85.2 cm³/mol. The van der Waals surface area contributed by atoms with Crippen molar-refractivity contribution in [2.45, 2.75) is 57.5 Å². The van der Waals surface area contributed by atoms with Crippen molar-refractivity contribution in [1.82, 2.24) is 13.9 Å². The minimum absolute atomic E-state index is 0.0402. The van der Waals surface area contributed by atoms with E-state index in [0.29, 0.717) is 19.6 Å². The number of hydrogen-bond donors (Lipinski definition) is 2. The molecule has 0 radical (unpaired) electrons. The number of piperidine rings is 2. The maximum atomic E-state index is 12.5. The van der Waals surface area contributed by atoms with Gasteiger partial charge < -0.3 is 5.73 Å². The fraction of sp³-hybridized carbons (Fsp3) is 1.00. The number of likely N-dealkylation sites (tertiary alicyclic amines) is 1. The number of rotatable bonds is 6. The largest absolute Gasteiger partial charge is 0.329 e. The molecule has 2 unspecified atom stereocenters. The maximum Gasteiger partial charge on any atom is 0.279 e. The molecule has 2 aliphatic rings. The van der Waals surface area contributed by atoms with Crippen LogP contribution in [-0.2, 0) is 10.2 Å². The molecule has 7 heteroatoms. The van der Waals surface area contributed by atoms with E-state index in [9.17, 15) is 8.42 Å². The van der Waals surface area contributed by atoms with Crippen LogP contribution < -0.4 is 10.5 Å². The Labute approximate surface area is 129 Å². The van der Waals surface area contributed by atoms with Gasteiger partial charge in [0.1, 0.15) is 0 Å². The van der Waals surface area contributed by atoms with Gasteiger partial charge in [-0.1, -0.05) is 12.8 Å². The molecule has 3 N–H and O–H groups in total. The van der Waals surface area contributed by atoms with E-state index in [1.54, 1.807) is 4.31 Å². The van der Waals surface area contributed by atoms with Gasteiger partial charge in [0.05, 0.1) is 0 Å². The average Bonchev–Trinajstić information content (AvgIpc) is 2.53. The molecule has 2 atom stereocenters. The highest BCUT2D eigenvalue weighted by molar-refractivity contribution is 7.87. The van der Waals surface area contributed by atoms with Crippen LogP contribution in [-0.4, -0.2) is 62.4 Å². The van der Waals surface area contributed by atoms with Crippen molar-refractivity contribution in [2.75, 3.05) is 32.7 Å². The van der Waals surface area contributed by atoms with Crippen LogP contribution in [0.15, 0.2) is 0 Å². The molecule has 0 aliphatic carbocycles. The van der Waals surface area contributed by atoms with Gasteiger partial charge in [0.2, 0.25) is 0 Å². The lowest BCUT2D eigenvalue weighted by Crippen LogP contribution is -2.53. The van der Waals surface area contributed by atoms with Crippen LogP contribution in [0.3, 0.4) is 0 Å². The first-order valence-electron chi connectivity index (χ1n) is 8.25. The molecule has 0 spiro atoms. The maximum absolute atomic E-state index is 12.5. The van der Waals surface area contributed by atoms with Gasteiger partial charge in [-0.3, -0.25) is 4.90 Å². The van der Waals surface area contributed by atoms with Crippen molar-refractivity contribution in [1.29, 1.82) is 0 Å². The van der Waals surface area contributed by atoms with E-state index in [-0.39, 0.29) is 12.1 Å². The zero-order chi connectivity index (χ0) is 15.3. The Bertz CT molecular complexity index is 409. The second kappa shape index (κ2) is 7.87. The van der Waals surface area contributed by atoms with Gasteiger partial charge in [-0.2, -0.15) is 12.7 Å². The summed E-state index contributed by atoms with van der Waals surface area (Å²) < 4.78 is 29.3. The van der Waals surface area contributed by atoms with E-state index in [0.717, 1.165) is 32.4 Å². The van der Waals surface area contributed by atoms with Gasteiger partial charge in [-0.15, -0.1) is 0 Å². The van der Waals surface area contributed by atoms with Crippen molar-refractivity contribution < 1.29 is 8.42 Å². The van der Waals surface area contributed by atoms with Crippen molar-refractivity contribution >= 4 is 10.2 Å². The number of nitrogens with one attached hydrogen (secondary N) is 1. The highest BCUT2D eigenvalue weighted by atomic mass is 32.2. The molecule has 0 amide bonds. The molecule has 2 aliphatic heterocycles. The summed E-state index contributed by atoms with van der Waals surface area (Å²) in [6.45, 7) is 5.74. The molecule has 2 fully saturated rings. The molecule has 2 saturated heterocycles. The van der Waals surface area contributed by atoms with Crippen LogP contribution in [0.2, 0.25) is 0 Å². The summed E-state index contributed by atoms with van der Waals surface area (Å²) in [5, 5.41) is 0. The third kappa shape index (κ3) is 4.63.